The Morgan fingerprint density at radius 3 is 2.75 bits per heavy atom. The number of halogens is 2. The molecule has 0 spiro atoms. The van der Waals surface area contributed by atoms with Gasteiger partial charge in [0.2, 0.25) is 0 Å². The number of aromatic nitrogens is 1. The maximum absolute atomic E-state index is 5.97. The Bertz CT molecular complexity index is 273. The number of hydrogen-bond acceptors (Lipinski definition) is 1. The Labute approximate surface area is 82.7 Å². The van der Waals surface area contributed by atoms with E-state index < -0.39 is 0 Å². The summed E-state index contributed by atoms with van der Waals surface area (Å²) in [7, 11) is 0. The molecule has 66 valence electrons. The molecular formula is C9H11Cl2N. The van der Waals surface area contributed by atoms with Crippen LogP contribution in [-0.4, -0.2) is 4.98 Å². The van der Waals surface area contributed by atoms with Crippen molar-refractivity contribution in [3.63, 3.8) is 0 Å². The fourth-order valence-electron chi connectivity index (χ4n) is 1.03. The van der Waals surface area contributed by atoms with Crippen LogP contribution in [0, 0.1) is 0 Å². The zero-order valence-electron chi connectivity index (χ0n) is 7.14. The van der Waals surface area contributed by atoms with Crippen molar-refractivity contribution in [2.45, 2.75) is 26.2 Å². The fraction of sp³-hybridized carbons (Fsp3) is 0.444. The molecule has 1 unspecified atom stereocenters. The van der Waals surface area contributed by atoms with Crippen LogP contribution in [0.1, 0.15) is 31.7 Å². The van der Waals surface area contributed by atoms with Gasteiger partial charge in [-0.1, -0.05) is 37.0 Å². The Morgan fingerprint density at radius 2 is 2.17 bits per heavy atom. The summed E-state index contributed by atoms with van der Waals surface area (Å²) in [5.41, 5.74) is 1.08. The maximum atomic E-state index is 5.97. The zero-order chi connectivity index (χ0) is 9.14. The van der Waals surface area contributed by atoms with Crippen LogP contribution in [0.4, 0.5) is 0 Å². The molecule has 12 heavy (non-hydrogen) atoms. The van der Waals surface area contributed by atoms with Crippen LogP contribution < -0.4 is 0 Å². The molecule has 0 N–H and O–H groups in total. The first-order valence-electron chi connectivity index (χ1n) is 3.96. The summed E-state index contributed by atoms with van der Waals surface area (Å²) >= 11 is 11.7. The molecule has 0 aliphatic rings. The van der Waals surface area contributed by atoms with Gasteiger partial charge in [0.25, 0.3) is 0 Å². The molecule has 1 aromatic rings. The summed E-state index contributed by atoms with van der Waals surface area (Å²) in [5.74, 6) is 0.443. The molecule has 1 atom stereocenters. The van der Waals surface area contributed by atoms with Crippen molar-refractivity contribution in [2.24, 2.45) is 0 Å². The molecule has 0 aromatic carbocycles. The van der Waals surface area contributed by atoms with E-state index in [9.17, 15) is 0 Å². The van der Waals surface area contributed by atoms with Gasteiger partial charge in [0.05, 0.1) is 5.02 Å². The first-order chi connectivity index (χ1) is 5.66. The standard InChI is InChI=1S/C9H11Cl2N/c1-3-6(2)7-4-5-12-9(11)8(7)10/h4-6H,3H2,1-2H3. The average Bonchev–Trinajstić information content (AvgIpc) is 2.08. The monoisotopic (exact) mass is 203 g/mol. The van der Waals surface area contributed by atoms with E-state index in [4.69, 9.17) is 23.2 Å². The Kier molecular flexibility index (Phi) is 3.36. The van der Waals surface area contributed by atoms with Crippen LogP contribution in [0.5, 0.6) is 0 Å². The highest BCUT2D eigenvalue weighted by atomic mass is 35.5. The average molecular weight is 204 g/mol. The van der Waals surface area contributed by atoms with E-state index >= 15 is 0 Å². The van der Waals surface area contributed by atoms with Gasteiger partial charge in [0.1, 0.15) is 5.15 Å². The molecule has 0 amide bonds. The first kappa shape index (κ1) is 9.82. The van der Waals surface area contributed by atoms with E-state index in [0.29, 0.717) is 16.1 Å². The minimum absolute atomic E-state index is 0.398. The largest absolute Gasteiger partial charge is 0.243 e. The van der Waals surface area contributed by atoms with Crippen molar-refractivity contribution in [3.05, 3.63) is 28.0 Å². The normalized spacial score (nSPS) is 13.0. The van der Waals surface area contributed by atoms with Crippen LogP contribution in [-0.2, 0) is 0 Å². The van der Waals surface area contributed by atoms with E-state index in [2.05, 4.69) is 18.8 Å². The van der Waals surface area contributed by atoms with Gasteiger partial charge in [-0.15, -0.1) is 0 Å². The lowest BCUT2D eigenvalue weighted by molar-refractivity contribution is 0.732. The Hall–Kier alpha value is -0.270. The second kappa shape index (κ2) is 4.11. The SMILES string of the molecule is CCC(C)c1ccnc(Cl)c1Cl. The predicted octanol–water partition coefficient (Wildman–Crippen LogP) is 3.90. The number of nitrogens with zero attached hydrogens (tertiary/aromatic N) is 1. The molecule has 1 rings (SSSR count). The summed E-state index contributed by atoms with van der Waals surface area (Å²) < 4.78 is 0. The molecule has 1 aromatic heterocycles. The molecule has 1 nitrogen and oxygen atoms in total. The van der Waals surface area contributed by atoms with Gasteiger partial charge in [0.15, 0.2) is 0 Å². The van der Waals surface area contributed by atoms with Crippen molar-refractivity contribution in [1.29, 1.82) is 0 Å². The number of pyridine rings is 1. The lowest BCUT2D eigenvalue weighted by Gasteiger charge is -2.10. The van der Waals surface area contributed by atoms with E-state index in [1.165, 1.54) is 0 Å². The minimum Gasteiger partial charge on any atom is -0.243 e. The van der Waals surface area contributed by atoms with E-state index in [1.54, 1.807) is 6.20 Å². The minimum atomic E-state index is 0.398. The van der Waals surface area contributed by atoms with Crippen molar-refractivity contribution >= 4 is 23.2 Å². The summed E-state index contributed by atoms with van der Waals surface area (Å²) in [5, 5.41) is 0.989. The molecule has 0 bridgehead atoms. The number of rotatable bonds is 2. The molecule has 0 radical (unpaired) electrons. The summed E-state index contributed by atoms with van der Waals surface area (Å²) in [6.07, 6.45) is 2.75. The summed E-state index contributed by atoms with van der Waals surface area (Å²) in [6, 6.07) is 1.92. The highest BCUT2D eigenvalue weighted by Crippen LogP contribution is 2.30. The summed E-state index contributed by atoms with van der Waals surface area (Å²) in [4.78, 5) is 3.89. The third kappa shape index (κ3) is 1.90. The van der Waals surface area contributed by atoms with Crippen molar-refractivity contribution < 1.29 is 0 Å². The highest BCUT2D eigenvalue weighted by molar-refractivity contribution is 6.41. The van der Waals surface area contributed by atoms with Crippen LogP contribution in [0.15, 0.2) is 12.3 Å². The highest BCUT2D eigenvalue weighted by Gasteiger charge is 2.10. The van der Waals surface area contributed by atoms with Crippen LogP contribution >= 0.6 is 23.2 Å². The van der Waals surface area contributed by atoms with Gasteiger partial charge in [-0.25, -0.2) is 4.98 Å². The van der Waals surface area contributed by atoms with Gasteiger partial charge in [-0.05, 0) is 24.0 Å². The van der Waals surface area contributed by atoms with Crippen LogP contribution in [0.25, 0.3) is 0 Å². The molecule has 0 saturated carbocycles. The number of hydrogen-bond donors (Lipinski definition) is 0. The summed E-state index contributed by atoms with van der Waals surface area (Å²) in [6.45, 7) is 4.24. The lowest BCUT2D eigenvalue weighted by atomic mass is 10.0. The van der Waals surface area contributed by atoms with Gasteiger partial charge in [0, 0.05) is 6.20 Å². The lowest BCUT2D eigenvalue weighted by Crippen LogP contribution is -1.93. The molecular weight excluding hydrogens is 193 g/mol. The quantitative estimate of drug-likeness (QED) is 0.665. The second-order valence-corrected chi connectivity index (χ2v) is 3.55. The van der Waals surface area contributed by atoms with Crippen molar-refractivity contribution in [1.82, 2.24) is 4.98 Å². The van der Waals surface area contributed by atoms with E-state index in [-0.39, 0.29) is 0 Å². The van der Waals surface area contributed by atoms with E-state index in [0.717, 1.165) is 12.0 Å². The second-order valence-electron chi connectivity index (χ2n) is 2.81. The molecule has 0 saturated heterocycles. The third-order valence-electron chi connectivity index (χ3n) is 2.02. The predicted molar refractivity (Wildman–Crippen MR) is 53.0 cm³/mol. The fourth-order valence-corrected chi connectivity index (χ4v) is 1.50. The van der Waals surface area contributed by atoms with Crippen LogP contribution in [0.3, 0.4) is 0 Å². The van der Waals surface area contributed by atoms with Gasteiger partial charge in [-0.2, -0.15) is 0 Å². The molecule has 1 heterocycles. The Balaban J connectivity index is 3.07. The van der Waals surface area contributed by atoms with Gasteiger partial charge >= 0.3 is 0 Å². The smallest absolute Gasteiger partial charge is 0.147 e. The first-order valence-corrected chi connectivity index (χ1v) is 4.72. The molecule has 0 aliphatic carbocycles. The molecule has 0 aliphatic heterocycles. The van der Waals surface area contributed by atoms with Crippen molar-refractivity contribution in [3.8, 4) is 0 Å². The zero-order valence-corrected chi connectivity index (χ0v) is 8.65. The van der Waals surface area contributed by atoms with Gasteiger partial charge < -0.3 is 0 Å². The maximum Gasteiger partial charge on any atom is 0.147 e. The van der Waals surface area contributed by atoms with Crippen molar-refractivity contribution in [2.75, 3.05) is 0 Å². The van der Waals surface area contributed by atoms with E-state index in [1.807, 2.05) is 6.07 Å². The van der Waals surface area contributed by atoms with Crippen LogP contribution in [0.2, 0.25) is 10.2 Å². The molecule has 3 heteroatoms. The molecule has 0 fully saturated rings. The Morgan fingerprint density at radius 1 is 1.50 bits per heavy atom. The topological polar surface area (TPSA) is 12.9 Å². The van der Waals surface area contributed by atoms with Gasteiger partial charge in [-0.3, -0.25) is 0 Å². The third-order valence-corrected chi connectivity index (χ3v) is 2.80.